The number of hydrogen-bond donors (Lipinski definition) is 1. The number of nitrogens with zero attached hydrogens (tertiary/aromatic N) is 2. The van der Waals surface area contributed by atoms with E-state index in [1.807, 2.05) is 30.3 Å². The number of rotatable bonds is 8. The van der Waals surface area contributed by atoms with Crippen LogP contribution in [-0.2, 0) is 0 Å². The predicted octanol–water partition coefficient (Wildman–Crippen LogP) is 3.42. The van der Waals surface area contributed by atoms with Gasteiger partial charge in [0.05, 0.1) is 12.3 Å². The molecule has 0 saturated carbocycles. The van der Waals surface area contributed by atoms with Crippen LogP contribution in [0.15, 0.2) is 57.9 Å². The quantitative estimate of drug-likeness (QED) is 0.444. The highest BCUT2D eigenvalue weighted by molar-refractivity contribution is 6.14. The zero-order valence-corrected chi connectivity index (χ0v) is 17.8. The van der Waals surface area contributed by atoms with Crippen molar-refractivity contribution < 1.29 is 19.1 Å². The van der Waals surface area contributed by atoms with Gasteiger partial charge in [0, 0.05) is 12.1 Å². The number of ketones is 1. The van der Waals surface area contributed by atoms with Gasteiger partial charge in [-0.1, -0.05) is 38.1 Å². The van der Waals surface area contributed by atoms with E-state index in [9.17, 15) is 9.90 Å². The van der Waals surface area contributed by atoms with Crippen LogP contribution in [0.3, 0.4) is 0 Å². The highest BCUT2D eigenvalue weighted by Gasteiger charge is 2.26. The van der Waals surface area contributed by atoms with Crippen molar-refractivity contribution in [2.24, 2.45) is 4.99 Å². The van der Waals surface area contributed by atoms with Gasteiger partial charge in [-0.2, -0.15) is 0 Å². The summed E-state index contributed by atoms with van der Waals surface area (Å²) < 4.78 is 11.5. The Morgan fingerprint density at radius 2 is 1.84 bits per heavy atom. The molecule has 31 heavy (non-hydrogen) atoms. The fraction of sp³-hybridized carbons (Fsp3) is 0.280. The molecule has 1 aliphatic heterocycles. The van der Waals surface area contributed by atoms with Gasteiger partial charge < -0.3 is 19.2 Å². The molecule has 160 valence electrons. The summed E-state index contributed by atoms with van der Waals surface area (Å²) in [6, 6.07) is 14.6. The summed E-state index contributed by atoms with van der Waals surface area (Å²) >= 11 is 0. The van der Waals surface area contributed by atoms with Crippen LogP contribution in [0, 0.1) is 0 Å². The summed E-state index contributed by atoms with van der Waals surface area (Å²) in [6.07, 6.45) is 2.66. The monoisotopic (exact) mass is 418 g/mol. The van der Waals surface area contributed by atoms with E-state index in [0.717, 1.165) is 37.4 Å². The molecule has 0 unspecified atom stereocenters. The van der Waals surface area contributed by atoms with E-state index in [1.165, 1.54) is 0 Å². The first kappa shape index (κ1) is 20.9. The van der Waals surface area contributed by atoms with Crippen LogP contribution < -0.4 is 15.7 Å². The molecule has 2 heterocycles. The van der Waals surface area contributed by atoms with Crippen molar-refractivity contribution in [3.63, 3.8) is 0 Å². The smallest absolute Gasteiger partial charge is 0.235 e. The summed E-state index contributed by atoms with van der Waals surface area (Å²) in [7, 11) is 0. The van der Waals surface area contributed by atoms with E-state index < -0.39 is 0 Å². The van der Waals surface area contributed by atoms with Gasteiger partial charge in [0.2, 0.25) is 11.3 Å². The summed E-state index contributed by atoms with van der Waals surface area (Å²) in [5.74, 6) is 0.324. The molecule has 1 N–H and O–H groups in total. The number of aromatic hydroxyl groups is 1. The normalized spacial score (nSPS) is 13.1. The second kappa shape index (κ2) is 9.18. The number of fused-ring (bicyclic) bond motifs is 2. The second-order valence-corrected chi connectivity index (χ2v) is 7.40. The van der Waals surface area contributed by atoms with Crippen LogP contribution in [0.2, 0.25) is 0 Å². The standard InChI is InChI=1S/C25H26N2O4/c1-3-27(4-2)14-7-15-30-18-12-10-17(11-13-18)16-21-24(29)22-23(28)19-8-5-6-9-20(19)26-25(22)31-21/h5-6,8-13,16,29H,3-4,7,14-15H2,1-2H3. The maximum Gasteiger partial charge on any atom is 0.235 e. The van der Waals surface area contributed by atoms with Gasteiger partial charge in [0.1, 0.15) is 11.3 Å². The van der Waals surface area contributed by atoms with Crippen molar-refractivity contribution in [3.05, 3.63) is 76.2 Å². The Hall–Kier alpha value is -3.38. The molecule has 2 aromatic carbocycles. The van der Waals surface area contributed by atoms with Crippen molar-refractivity contribution in [2.45, 2.75) is 20.3 Å². The average Bonchev–Trinajstić information content (AvgIpc) is 3.10. The number of carbonyl (C=O) groups excluding carboxylic acids is 1. The summed E-state index contributed by atoms with van der Waals surface area (Å²) in [4.78, 5) is 19.5. The van der Waals surface area contributed by atoms with Gasteiger partial charge in [-0.3, -0.25) is 4.79 Å². The van der Waals surface area contributed by atoms with Crippen LogP contribution in [0.1, 0.15) is 41.8 Å². The minimum absolute atomic E-state index is 0.109. The zero-order valence-electron chi connectivity index (χ0n) is 17.8. The number of carbonyl (C=O) groups is 1. The molecule has 1 aromatic heterocycles. The molecule has 0 amide bonds. The van der Waals surface area contributed by atoms with Crippen molar-refractivity contribution in [3.8, 4) is 11.5 Å². The molecule has 0 aliphatic carbocycles. The third kappa shape index (κ3) is 4.39. The first-order valence-corrected chi connectivity index (χ1v) is 10.6. The minimum atomic E-state index is -0.282. The van der Waals surface area contributed by atoms with E-state index >= 15 is 0 Å². The Morgan fingerprint density at radius 3 is 2.58 bits per heavy atom. The fourth-order valence-corrected chi connectivity index (χ4v) is 3.65. The molecule has 6 heteroatoms. The molecule has 1 aliphatic rings. The molecular weight excluding hydrogens is 392 g/mol. The van der Waals surface area contributed by atoms with Crippen molar-refractivity contribution >= 4 is 17.5 Å². The Bertz CT molecular complexity index is 1190. The van der Waals surface area contributed by atoms with Crippen LogP contribution in [-0.4, -0.2) is 42.0 Å². The highest BCUT2D eigenvalue weighted by atomic mass is 16.5. The van der Waals surface area contributed by atoms with Crippen LogP contribution in [0.4, 0.5) is 5.69 Å². The maximum absolute atomic E-state index is 12.7. The number of benzene rings is 2. The second-order valence-electron chi connectivity index (χ2n) is 7.40. The third-order valence-electron chi connectivity index (χ3n) is 5.45. The molecule has 0 atom stereocenters. The van der Waals surface area contributed by atoms with E-state index in [-0.39, 0.29) is 28.1 Å². The number of ether oxygens (including phenoxy) is 1. The third-order valence-corrected chi connectivity index (χ3v) is 5.45. The Labute approximate surface area is 181 Å². The van der Waals surface area contributed by atoms with E-state index in [0.29, 0.717) is 17.9 Å². The van der Waals surface area contributed by atoms with Crippen LogP contribution in [0.5, 0.6) is 11.5 Å². The lowest BCUT2D eigenvalue weighted by molar-refractivity contribution is 0.103. The largest absolute Gasteiger partial charge is 0.504 e. The van der Waals surface area contributed by atoms with Crippen molar-refractivity contribution in [1.82, 2.24) is 4.90 Å². The highest BCUT2D eigenvalue weighted by Crippen LogP contribution is 2.26. The first-order chi connectivity index (χ1) is 15.1. The summed E-state index contributed by atoms with van der Waals surface area (Å²) in [5.41, 5.74) is 2.28. The molecule has 3 aromatic rings. The average molecular weight is 418 g/mol. The van der Waals surface area contributed by atoms with Crippen LogP contribution >= 0.6 is 0 Å². The molecule has 6 nitrogen and oxygen atoms in total. The van der Waals surface area contributed by atoms with Crippen molar-refractivity contribution in [2.75, 3.05) is 26.2 Å². The first-order valence-electron chi connectivity index (χ1n) is 10.6. The van der Waals surface area contributed by atoms with Crippen LogP contribution in [0.25, 0.3) is 6.08 Å². The van der Waals surface area contributed by atoms with Gasteiger partial charge in [0.25, 0.3) is 0 Å². The van der Waals surface area contributed by atoms with Gasteiger partial charge in [-0.15, -0.1) is 0 Å². The van der Waals surface area contributed by atoms with Gasteiger partial charge in [-0.05, 0) is 55.4 Å². The molecule has 0 spiro atoms. The summed E-state index contributed by atoms with van der Waals surface area (Å²) in [6.45, 7) is 8.11. The maximum atomic E-state index is 12.7. The van der Waals surface area contributed by atoms with Gasteiger partial charge in [-0.25, -0.2) is 4.99 Å². The van der Waals surface area contributed by atoms with E-state index in [4.69, 9.17) is 9.15 Å². The fourth-order valence-electron chi connectivity index (χ4n) is 3.65. The lowest BCUT2D eigenvalue weighted by Crippen LogP contribution is -2.25. The number of furan rings is 1. The lowest BCUT2D eigenvalue weighted by Gasteiger charge is -2.17. The topological polar surface area (TPSA) is 75.3 Å². The number of hydrogen-bond acceptors (Lipinski definition) is 6. The molecular formula is C25H26N2O4. The van der Waals surface area contributed by atoms with Gasteiger partial charge in [0.15, 0.2) is 11.2 Å². The summed E-state index contributed by atoms with van der Waals surface area (Å²) in [5, 5.41) is 10.6. The van der Waals surface area contributed by atoms with Crippen molar-refractivity contribution in [1.29, 1.82) is 0 Å². The molecule has 0 saturated heterocycles. The van der Waals surface area contributed by atoms with E-state index in [2.05, 4.69) is 23.7 Å². The van der Waals surface area contributed by atoms with Gasteiger partial charge >= 0.3 is 0 Å². The molecule has 4 rings (SSSR count). The molecule has 0 fully saturated rings. The minimum Gasteiger partial charge on any atom is -0.504 e. The Morgan fingerprint density at radius 1 is 1.10 bits per heavy atom. The predicted molar refractivity (Wildman–Crippen MR) is 119 cm³/mol. The Balaban J connectivity index is 1.49. The molecule has 0 bridgehead atoms. The lowest BCUT2D eigenvalue weighted by atomic mass is 10.0. The zero-order chi connectivity index (χ0) is 21.8. The number of para-hydroxylation sites is 1. The molecule has 0 radical (unpaired) electrons. The Kier molecular flexibility index (Phi) is 6.18. The SMILES string of the molecule is CCN(CC)CCCOc1ccc(C=c2oc3c(c2O)C(=O)c2ccccc2N=3)cc1. The van der Waals surface area contributed by atoms with E-state index in [1.54, 1.807) is 24.3 Å².